The number of carbonyl (C=O) groups excluding carboxylic acids is 2. The first-order chi connectivity index (χ1) is 17.5. The highest BCUT2D eigenvalue weighted by molar-refractivity contribution is 7.92. The summed E-state index contributed by atoms with van der Waals surface area (Å²) in [4.78, 5) is 27.9. The number of rotatable bonds is 10. The van der Waals surface area contributed by atoms with Crippen LogP contribution in [-0.4, -0.2) is 44.3 Å². The van der Waals surface area contributed by atoms with Crippen LogP contribution in [0.15, 0.2) is 77.7 Å². The Hall–Kier alpha value is -3.07. The molecule has 0 heterocycles. The molecule has 0 radical (unpaired) electrons. The van der Waals surface area contributed by atoms with Crippen molar-refractivity contribution in [3.05, 3.63) is 94.0 Å². The molecule has 0 aliphatic heterocycles. The molecule has 7 nitrogen and oxygen atoms in total. The van der Waals surface area contributed by atoms with Gasteiger partial charge in [-0.1, -0.05) is 53.5 Å². The number of hydrogen-bond donors (Lipinski definition) is 1. The predicted octanol–water partition coefficient (Wildman–Crippen LogP) is 5.05. The van der Waals surface area contributed by atoms with Gasteiger partial charge >= 0.3 is 0 Å². The van der Waals surface area contributed by atoms with Crippen molar-refractivity contribution < 1.29 is 18.0 Å². The predicted molar refractivity (Wildman–Crippen MR) is 147 cm³/mol. The molecule has 0 bridgehead atoms. The summed E-state index contributed by atoms with van der Waals surface area (Å²) in [6.07, 6.45) is 0. The van der Waals surface area contributed by atoms with E-state index in [2.05, 4.69) is 5.32 Å². The molecule has 3 aromatic rings. The highest BCUT2D eigenvalue weighted by Crippen LogP contribution is 2.27. The van der Waals surface area contributed by atoms with Crippen LogP contribution in [0.3, 0.4) is 0 Å². The van der Waals surface area contributed by atoms with Gasteiger partial charge in [0.2, 0.25) is 11.8 Å². The number of nitrogens with one attached hydrogen (secondary N) is 1. The van der Waals surface area contributed by atoms with Crippen LogP contribution in [0, 0.1) is 6.92 Å². The van der Waals surface area contributed by atoms with Crippen molar-refractivity contribution in [2.75, 3.05) is 17.4 Å². The second-order valence-electron chi connectivity index (χ2n) is 8.46. The molecule has 0 aliphatic carbocycles. The van der Waals surface area contributed by atoms with Crippen molar-refractivity contribution in [2.24, 2.45) is 0 Å². The van der Waals surface area contributed by atoms with Crippen molar-refractivity contribution >= 4 is 50.7 Å². The lowest BCUT2D eigenvalue weighted by molar-refractivity contribution is -0.139. The largest absolute Gasteiger partial charge is 0.355 e. The fourth-order valence-corrected chi connectivity index (χ4v) is 5.49. The molecule has 10 heteroatoms. The van der Waals surface area contributed by atoms with Crippen molar-refractivity contribution in [3.63, 3.8) is 0 Å². The van der Waals surface area contributed by atoms with E-state index in [9.17, 15) is 18.0 Å². The normalized spacial score (nSPS) is 12.0. The Balaban J connectivity index is 2.04. The molecule has 3 rings (SSSR count). The number of benzene rings is 3. The quantitative estimate of drug-likeness (QED) is 0.375. The van der Waals surface area contributed by atoms with Gasteiger partial charge in [0, 0.05) is 23.1 Å². The summed E-state index contributed by atoms with van der Waals surface area (Å²) in [5.41, 5.74) is 2.02. The molecular formula is C27H29Cl2N3O4S. The Kier molecular flexibility index (Phi) is 9.59. The highest BCUT2D eigenvalue weighted by atomic mass is 35.5. The van der Waals surface area contributed by atoms with E-state index in [-0.39, 0.29) is 23.0 Å². The maximum absolute atomic E-state index is 13.8. The average Bonchev–Trinajstić information content (AvgIpc) is 2.86. The zero-order valence-electron chi connectivity index (χ0n) is 20.8. The third kappa shape index (κ3) is 7.03. The van der Waals surface area contributed by atoms with Crippen LogP contribution in [0.2, 0.25) is 10.0 Å². The van der Waals surface area contributed by atoms with Gasteiger partial charge in [-0.25, -0.2) is 8.42 Å². The van der Waals surface area contributed by atoms with E-state index in [0.717, 1.165) is 15.4 Å². The Morgan fingerprint density at radius 2 is 1.62 bits per heavy atom. The molecule has 0 fully saturated rings. The number of anilines is 1. The minimum Gasteiger partial charge on any atom is -0.355 e. The molecule has 196 valence electrons. The van der Waals surface area contributed by atoms with Gasteiger partial charge in [0.05, 0.1) is 10.6 Å². The lowest BCUT2D eigenvalue weighted by Crippen LogP contribution is -2.51. The van der Waals surface area contributed by atoms with Gasteiger partial charge in [-0.2, -0.15) is 0 Å². The molecule has 3 aromatic carbocycles. The fraction of sp³-hybridized carbons (Fsp3) is 0.259. The number of carbonyl (C=O) groups is 2. The molecule has 1 N–H and O–H groups in total. The molecule has 1 atom stereocenters. The molecule has 0 aromatic heterocycles. The number of nitrogens with zero attached hydrogens (tertiary/aromatic N) is 2. The number of amides is 2. The van der Waals surface area contributed by atoms with Gasteiger partial charge in [-0.05, 0) is 74.4 Å². The van der Waals surface area contributed by atoms with E-state index in [0.29, 0.717) is 16.6 Å². The zero-order valence-corrected chi connectivity index (χ0v) is 23.1. The Morgan fingerprint density at radius 1 is 0.946 bits per heavy atom. The monoisotopic (exact) mass is 561 g/mol. The van der Waals surface area contributed by atoms with E-state index in [4.69, 9.17) is 23.2 Å². The topological polar surface area (TPSA) is 86.8 Å². The maximum atomic E-state index is 13.8. The Labute approximate surface area is 228 Å². The van der Waals surface area contributed by atoms with Gasteiger partial charge in [0.15, 0.2) is 0 Å². The summed E-state index contributed by atoms with van der Waals surface area (Å²) >= 11 is 12.1. The smallest absolute Gasteiger partial charge is 0.264 e. The van der Waals surface area contributed by atoms with E-state index in [1.165, 1.54) is 35.2 Å². The first kappa shape index (κ1) is 28.5. The Bertz CT molecular complexity index is 1360. The number of hydrogen-bond acceptors (Lipinski definition) is 4. The standard InChI is InChI=1S/C27H29Cl2N3O4S/c1-4-30-27(34)20(3)31(17-21-9-6-5-8-19(21)2)26(33)18-32(24-11-7-10-23(29)16-24)37(35,36)25-14-12-22(28)13-15-25/h5-16,20H,4,17-18H2,1-3H3,(H,30,34)/t20-/m1/s1. The second kappa shape index (κ2) is 12.4. The van der Waals surface area contributed by atoms with Gasteiger partial charge in [-0.3, -0.25) is 13.9 Å². The van der Waals surface area contributed by atoms with Gasteiger partial charge in [0.1, 0.15) is 12.6 Å². The van der Waals surface area contributed by atoms with Crippen molar-refractivity contribution in [3.8, 4) is 0 Å². The number of likely N-dealkylation sites (N-methyl/N-ethyl adjacent to an activating group) is 1. The fourth-order valence-electron chi connectivity index (χ4n) is 3.77. The van der Waals surface area contributed by atoms with Gasteiger partial charge in [-0.15, -0.1) is 0 Å². The molecule has 0 aliphatic rings. The SMILES string of the molecule is CCNC(=O)[C@@H](C)N(Cc1ccccc1C)C(=O)CN(c1cccc(Cl)c1)S(=O)(=O)c1ccc(Cl)cc1. The lowest BCUT2D eigenvalue weighted by atomic mass is 10.1. The molecule has 0 unspecified atom stereocenters. The number of sulfonamides is 1. The lowest BCUT2D eigenvalue weighted by Gasteiger charge is -2.32. The summed E-state index contributed by atoms with van der Waals surface area (Å²) in [5, 5.41) is 3.43. The van der Waals surface area contributed by atoms with Gasteiger partial charge < -0.3 is 10.2 Å². The highest BCUT2D eigenvalue weighted by Gasteiger charge is 2.32. The summed E-state index contributed by atoms with van der Waals surface area (Å²) in [6.45, 7) is 5.32. The molecule has 0 spiro atoms. The van der Waals surface area contributed by atoms with E-state index in [1.54, 1.807) is 32.0 Å². The van der Waals surface area contributed by atoms with Crippen LogP contribution in [0.4, 0.5) is 5.69 Å². The zero-order chi connectivity index (χ0) is 27.2. The number of aryl methyl sites for hydroxylation is 1. The first-order valence-electron chi connectivity index (χ1n) is 11.7. The first-order valence-corrected chi connectivity index (χ1v) is 13.9. The molecule has 0 saturated carbocycles. The molecular weight excluding hydrogens is 533 g/mol. The minimum atomic E-state index is -4.19. The average molecular weight is 563 g/mol. The van der Waals surface area contributed by atoms with Crippen molar-refractivity contribution in [1.82, 2.24) is 10.2 Å². The van der Waals surface area contributed by atoms with E-state index >= 15 is 0 Å². The molecule has 2 amide bonds. The van der Waals surface area contributed by atoms with Crippen LogP contribution < -0.4 is 9.62 Å². The second-order valence-corrected chi connectivity index (χ2v) is 11.2. The van der Waals surface area contributed by atoms with E-state index < -0.39 is 28.5 Å². The molecule has 0 saturated heterocycles. The van der Waals surface area contributed by atoms with Crippen LogP contribution in [0.5, 0.6) is 0 Å². The van der Waals surface area contributed by atoms with E-state index in [1.807, 2.05) is 31.2 Å². The van der Waals surface area contributed by atoms with Crippen molar-refractivity contribution in [2.45, 2.75) is 38.3 Å². The minimum absolute atomic E-state index is 0.0353. The van der Waals surface area contributed by atoms with Gasteiger partial charge in [0.25, 0.3) is 10.0 Å². The number of halogens is 2. The Morgan fingerprint density at radius 3 is 2.24 bits per heavy atom. The van der Waals surface area contributed by atoms with Crippen LogP contribution in [-0.2, 0) is 26.2 Å². The third-order valence-corrected chi connectivity index (χ3v) is 8.17. The summed E-state index contributed by atoms with van der Waals surface area (Å²) < 4.78 is 28.4. The van der Waals surface area contributed by atoms with Crippen molar-refractivity contribution in [1.29, 1.82) is 0 Å². The third-order valence-electron chi connectivity index (χ3n) is 5.90. The van der Waals surface area contributed by atoms with Crippen LogP contribution in [0.25, 0.3) is 0 Å². The summed E-state index contributed by atoms with van der Waals surface area (Å²) in [7, 11) is -4.19. The molecule has 37 heavy (non-hydrogen) atoms. The van der Waals surface area contributed by atoms with Crippen LogP contribution >= 0.6 is 23.2 Å². The maximum Gasteiger partial charge on any atom is 0.264 e. The van der Waals surface area contributed by atoms with Crippen LogP contribution in [0.1, 0.15) is 25.0 Å². The summed E-state index contributed by atoms with van der Waals surface area (Å²) in [5.74, 6) is -0.876. The summed E-state index contributed by atoms with van der Waals surface area (Å²) in [6, 6.07) is 18.6.